The van der Waals surface area contributed by atoms with Crippen molar-refractivity contribution in [1.29, 1.82) is 0 Å². The molecule has 1 amide bonds. The van der Waals surface area contributed by atoms with Crippen molar-refractivity contribution in [1.82, 2.24) is 15.4 Å². The van der Waals surface area contributed by atoms with E-state index in [1.165, 1.54) is 0 Å². The molecule has 3 heterocycles. The number of rotatable bonds is 6. The fraction of sp³-hybridized carbons (Fsp3) is 0.150. The highest BCUT2D eigenvalue weighted by Gasteiger charge is 2.16. The van der Waals surface area contributed by atoms with Crippen LogP contribution in [0.15, 0.2) is 75.6 Å². The zero-order chi connectivity index (χ0) is 17.8. The highest BCUT2D eigenvalue weighted by atomic mass is 16.5. The van der Waals surface area contributed by atoms with E-state index in [4.69, 9.17) is 8.94 Å². The van der Waals surface area contributed by atoms with Gasteiger partial charge in [0.2, 0.25) is 5.76 Å². The second-order valence-corrected chi connectivity index (χ2v) is 5.88. The summed E-state index contributed by atoms with van der Waals surface area (Å²) in [5.74, 6) is 0.719. The Morgan fingerprint density at radius 3 is 3.00 bits per heavy atom. The lowest BCUT2D eigenvalue weighted by atomic mass is 10.2. The van der Waals surface area contributed by atoms with Gasteiger partial charge in [-0.25, -0.2) is 0 Å². The van der Waals surface area contributed by atoms with E-state index in [2.05, 4.69) is 16.2 Å². The van der Waals surface area contributed by atoms with Gasteiger partial charge < -0.3 is 19.2 Å². The van der Waals surface area contributed by atoms with Crippen LogP contribution in [-0.4, -0.2) is 29.1 Å². The van der Waals surface area contributed by atoms with Gasteiger partial charge >= 0.3 is 0 Å². The van der Waals surface area contributed by atoms with Crippen LogP contribution in [0.1, 0.15) is 16.9 Å². The number of hydrogen-bond acceptors (Lipinski definition) is 5. The number of fused-ring (bicyclic) bond motifs is 1. The van der Waals surface area contributed by atoms with Gasteiger partial charge in [0.05, 0.1) is 0 Å². The molecule has 0 fully saturated rings. The molecule has 0 bridgehead atoms. The van der Waals surface area contributed by atoms with E-state index in [1.54, 1.807) is 6.07 Å². The monoisotopic (exact) mass is 347 g/mol. The Balaban J connectivity index is 1.34. The SMILES string of the molecule is O=C(NCCCN1C=C=CC=C1)c1cc(-c2cc3ccccc3o2)on1. The fourth-order valence-electron chi connectivity index (χ4n) is 2.69. The molecule has 26 heavy (non-hydrogen) atoms. The molecule has 0 saturated carbocycles. The smallest absolute Gasteiger partial charge is 0.273 e. The lowest BCUT2D eigenvalue weighted by molar-refractivity contribution is 0.0943. The number of allylic oxidation sites excluding steroid dienone is 2. The van der Waals surface area contributed by atoms with Crippen molar-refractivity contribution in [2.75, 3.05) is 13.1 Å². The largest absolute Gasteiger partial charge is 0.453 e. The quantitative estimate of drug-likeness (QED) is 0.544. The molecule has 1 N–H and O–H groups in total. The lowest BCUT2D eigenvalue weighted by Gasteiger charge is -2.15. The summed E-state index contributed by atoms with van der Waals surface area (Å²) < 4.78 is 11.0. The van der Waals surface area contributed by atoms with Crippen LogP contribution < -0.4 is 5.32 Å². The normalized spacial score (nSPS) is 12.8. The Kier molecular flexibility index (Phi) is 4.41. The van der Waals surface area contributed by atoms with Crippen LogP contribution in [0.2, 0.25) is 0 Å². The van der Waals surface area contributed by atoms with E-state index >= 15 is 0 Å². The summed E-state index contributed by atoms with van der Waals surface area (Å²) in [7, 11) is 0. The van der Waals surface area contributed by atoms with Gasteiger partial charge in [0.15, 0.2) is 11.5 Å². The molecule has 130 valence electrons. The average Bonchev–Trinajstić information content (AvgIpc) is 3.32. The average molecular weight is 347 g/mol. The van der Waals surface area contributed by atoms with Gasteiger partial charge in [-0.05, 0) is 30.7 Å². The van der Waals surface area contributed by atoms with E-state index in [-0.39, 0.29) is 11.6 Å². The van der Waals surface area contributed by atoms with Crippen molar-refractivity contribution in [3.8, 4) is 11.5 Å². The Morgan fingerprint density at radius 2 is 2.15 bits per heavy atom. The number of carbonyl (C=O) groups is 1. The van der Waals surface area contributed by atoms with Gasteiger partial charge in [0, 0.05) is 36.9 Å². The van der Waals surface area contributed by atoms with Gasteiger partial charge in [-0.3, -0.25) is 4.79 Å². The molecule has 3 aromatic rings. The van der Waals surface area contributed by atoms with Crippen molar-refractivity contribution in [2.24, 2.45) is 0 Å². The highest BCUT2D eigenvalue weighted by molar-refractivity contribution is 5.93. The number of carbonyl (C=O) groups excluding carboxylic acids is 1. The molecule has 0 spiro atoms. The molecule has 1 aromatic carbocycles. The third-order valence-electron chi connectivity index (χ3n) is 4.00. The van der Waals surface area contributed by atoms with Gasteiger partial charge in [-0.15, -0.1) is 5.73 Å². The third-order valence-corrected chi connectivity index (χ3v) is 4.00. The molecular formula is C20H17N3O3. The van der Waals surface area contributed by atoms with Crippen LogP contribution in [0.4, 0.5) is 0 Å². The number of nitrogens with zero attached hydrogens (tertiary/aromatic N) is 2. The Morgan fingerprint density at radius 1 is 1.23 bits per heavy atom. The van der Waals surface area contributed by atoms with Crippen molar-refractivity contribution >= 4 is 16.9 Å². The molecule has 0 aliphatic carbocycles. The van der Waals surface area contributed by atoms with Crippen LogP contribution in [-0.2, 0) is 0 Å². The maximum absolute atomic E-state index is 12.2. The van der Waals surface area contributed by atoms with Crippen LogP contribution in [0.5, 0.6) is 0 Å². The van der Waals surface area contributed by atoms with Gasteiger partial charge in [0.25, 0.3) is 5.91 Å². The first-order valence-corrected chi connectivity index (χ1v) is 8.38. The number of para-hydroxylation sites is 1. The summed E-state index contributed by atoms with van der Waals surface area (Å²) in [5, 5.41) is 7.66. The zero-order valence-corrected chi connectivity index (χ0v) is 14.0. The number of hydrogen-bond donors (Lipinski definition) is 1. The summed E-state index contributed by atoms with van der Waals surface area (Å²) >= 11 is 0. The van der Waals surface area contributed by atoms with Gasteiger partial charge in [0.1, 0.15) is 5.58 Å². The maximum atomic E-state index is 12.2. The Bertz CT molecular complexity index is 989. The molecule has 4 rings (SSSR count). The minimum Gasteiger partial charge on any atom is -0.453 e. The number of aromatic nitrogens is 1. The van der Waals surface area contributed by atoms with Crippen LogP contribution >= 0.6 is 0 Å². The summed E-state index contributed by atoms with van der Waals surface area (Å²) in [6.45, 7) is 1.36. The van der Waals surface area contributed by atoms with Crippen molar-refractivity contribution < 1.29 is 13.7 Å². The van der Waals surface area contributed by atoms with Crippen molar-refractivity contribution in [3.05, 3.63) is 72.4 Å². The molecule has 1 aliphatic heterocycles. The molecule has 6 nitrogen and oxygen atoms in total. The van der Waals surface area contributed by atoms with Crippen LogP contribution in [0.3, 0.4) is 0 Å². The topological polar surface area (TPSA) is 71.5 Å². The summed E-state index contributed by atoms with van der Waals surface area (Å²) in [6, 6.07) is 11.1. The number of furan rings is 1. The summed E-state index contributed by atoms with van der Waals surface area (Å²) in [6.07, 6.45) is 8.42. The highest BCUT2D eigenvalue weighted by Crippen LogP contribution is 2.28. The molecule has 0 unspecified atom stereocenters. The van der Waals surface area contributed by atoms with E-state index in [9.17, 15) is 4.79 Å². The van der Waals surface area contributed by atoms with E-state index in [1.807, 2.05) is 59.8 Å². The first-order valence-electron chi connectivity index (χ1n) is 8.38. The molecule has 0 atom stereocenters. The predicted molar refractivity (Wildman–Crippen MR) is 97.2 cm³/mol. The van der Waals surface area contributed by atoms with Gasteiger partial charge in [-0.2, -0.15) is 0 Å². The van der Waals surface area contributed by atoms with E-state index < -0.39 is 0 Å². The number of nitrogens with one attached hydrogen (secondary N) is 1. The maximum Gasteiger partial charge on any atom is 0.273 e. The number of amides is 1. The minimum atomic E-state index is -0.263. The van der Waals surface area contributed by atoms with Gasteiger partial charge in [-0.1, -0.05) is 23.4 Å². The zero-order valence-electron chi connectivity index (χ0n) is 14.0. The second-order valence-electron chi connectivity index (χ2n) is 5.88. The third kappa shape index (κ3) is 3.45. The molecule has 6 heteroatoms. The van der Waals surface area contributed by atoms with Crippen LogP contribution in [0, 0.1) is 0 Å². The second kappa shape index (κ2) is 7.17. The lowest BCUT2D eigenvalue weighted by Crippen LogP contribution is -2.27. The predicted octanol–water partition coefficient (Wildman–Crippen LogP) is 3.71. The molecular weight excluding hydrogens is 330 g/mol. The van der Waals surface area contributed by atoms with Crippen molar-refractivity contribution in [2.45, 2.75) is 6.42 Å². The molecule has 0 saturated heterocycles. The first kappa shape index (κ1) is 16.0. The Labute approximate surface area is 150 Å². The van der Waals surface area contributed by atoms with Crippen LogP contribution in [0.25, 0.3) is 22.5 Å². The van der Waals surface area contributed by atoms with E-state index in [0.717, 1.165) is 23.9 Å². The number of benzene rings is 1. The molecule has 2 aromatic heterocycles. The molecule has 0 radical (unpaired) electrons. The summed E-state index contributed by atoms with van der Waals surface area (Å²) in [4.78, 5) is 14.2. The summed E-state index contributed by atoms with van der Waals surface area (Å²) in [5.41, 5.74) is 4.01. The Hall–Kier alpha value is -3.50. The first-order chi connectivity index (χ1) is 12.8. The van der Waals surface area contributed by atoms with Crippen molar-refractivity contribution in [3.63, 3.8) is 0 Å². The fourth-order valence-corrected chi connectivity index (χ4v) is 2.69. The van der Waals surface area contributed by atoms with E-state index in [0.29, 0.717) is 18.1 Å². The molecule has 1 aliphatic rings. The minimum absolute atomic E-state index is 0.237. The standard InChI is InChI=1S/C20H17N3O3/c24-20(21-9-6-12-23-10-4-1-5-11-23)16-14-19(26-22-16)18-13-15-7-2-3-8-17(15)25-18/h1-4,7-8,10-11,13-14H,6,9,12H2,(H,21,24).